The largest absolute Gasteiger partial charge is 0.497 e. The fraction of sp³-hybridized carbons (Fsp3) is 0.133. The van der Waals surface area contributed by atoms with Crippen LogP contribution in [-0.4, -0.2) is 13.0 Å². The van der Waals surface area contributed by atoms with E-state index < -0.39 is 11.7 Å². The zero-order valence-corrected chi connectivity index (χ0v) is 11.2. The lowest BCUT2D eigenvalue weighted by Gasteiger charge is -2.09. The number of amides is 1. The van der Waals surface area contributed by atoms with Crippen molar-refractivity contribution in [3.63, 3.8) is 0 Å². The van der Waals surface area contributed by atoms with Crippen molar-refractivity contribution in [2.45, 2.75) is 6.92 Å². The number of benzene rings is 2. The number of hydrogen-bond acceptors (Lipinski definition) is 3. The Morgan fingerprint density at radius 3 is 2.65 bits per heavy atom. The van der Waals surface area contributed by atoms with Crippen molar-refractivity contribution in [1.29, 1.82) is 0 Å². The summed E-state index contributed by atoms with van der Waals surface area (Å²) >= 11 is 0. The zero-order chi connectivity index (χ0) is 14.7. The number of ether oxygens (including phenoxy) is 1. The summed E-state index contributed by atoms with van der Waals surface area (Å²) < 4.78 is 18.6. The van der Waals surface area contributed by atoms with Crippen LogP contribution in [0.5, 0.6) is 5.75 Å². The van der Waals surface area contributed by atoms with Crippen molar-refractivity contribution in [1.82, 2.24) is 0 Å². The molecule has 0 heterocycles. The van der Waals surface area contributed by atoms with Gasteiger partial charge in [-0.05, 0) is 36.8 Å². The van der Waals surface area contributed by atoms with E-state index in [-0.39, 0.29) is 5.69 Å². The van der Waals surface area contributed by atoms with Crippen molar-refractivity contribution >= 4 is 17.3 Å². The van der Waals surface area contributed by atoms with Crippen LogP contribution in [0.1, 0.15) is 15.9 Å². The lowest BCUT2D eigenvalue weighted by atomic mass is 10.1. The van der Waals surface area contributed by atoms with Crippen molar-refractivity contribution in [3.05, 3.63) is 53.3 Å². The number of nitrogen functional groups attached to an aromatic ring is 1. The minimum absolute atomic E-state index is 0.0634. The molecular weight excluding hydrogens is 259 g/mol. The molecule has 2 aromatic rings. The molecule has 2 aromatic carbocycles. The second-order valence-electron chi connectivity index (χ2n) is 4.37. The van der Waals surface area contributed by atoms with Crippen LogP contribution >= 0.6 is 0 Å². The maximum Gasteiger partial charge on any atom is 0.255 e. The molecule has 0 fully saturated rings. The molecule has 4 nitrogen and oxygen atoms in total. The molecule has 0 saturated carbocycles. The van der Waals surface area contributed by atoms with Gasteiger partial charge < -0.3 is 15.8 Å². The van der Waals surface area contributed by atoms with E-state index in [1.165, 1.54) is 25.3 Å². The Hall–Kier alpha value is -2.56. The van der Waals surface area contributed by atoms with Crippen LogP contribution in [0, 0.1) is 12.7 Å². The fourth-order valence-corrected chi connectivity index (χ4v) is 1.70. The highest BCUT2D eigenvalue weighted by atomic mass is 19.1. The predicted molar refractivity (Wildman–Crippen MR) is 76.5 cm³/mol. The molecular formula is C15H15FN2O2. The standard InChI is InChI=1S/C15H15FN2O2/c1-9-3-4-10(7-13(9)17)15(19)18-14-8-11(20-2)5-6-12(14)16/h3-8H,17H2,1-2H3,(H,18,19). The number of methoxy groups -OCH3 is 1. The van der Waals surface area contributed by atoms with Gasteiger partial charge in [0.05, 0.1) is 12.8 Å². The zero-order valence-electron chi connectivity index (χ0n) is 11.2. The van der Waals surface area contributed by atoms with E-state index in [0.717, 1.165) is 5.56 Å². The van der Waals surface area contributed by atoms with Crippen molar-refractivity contribution < 1.29 is 13.9 Å². The molecule has 20 heavy (non-hydrogen) atoms. The molecule has 0 saturated heterocycles. The smallest absolute Gasteiger partial charge is 0.255 e. The van der Waals surface area contributed by atoms with Gasteiger partial charge in [0.2, 0.25) is 0 Å². The lowest BCUT2D eigenvalue weighted by Crippen LogP contribution is -2.13. The van der Waals surface area contributed by atoms with E-state index in [9.17, 15) is 9.18 Å². The number of nitrogens with one attached hydrogen (secondary N) is 1. The SMILES string of the molecule is COc1ccc(F)c(NC(=O)c2ccc(C)c(N)c2)c1. The summed E-state index contributed by atoms with van der Waals surface area (Å²) in [4.78, 5) is 12.1. The molecule has 1 amide bonds. The second kappa shape index (κ2) is 5.61. The van der Waals surface area contributed by atoms with Crippen LogP contribution in [0.25, 0.3) is 0 Å². The monoisotopic (exact) mass is 274 g/mol. The summed E-state index contributed by atoms with van der Waals surface area (Å²) in [5.41, 5.74) is 7.59. The number of nitrogens with two attached hydrogens (primary N) is 1. The molecule has 0 aromatic heterocycles. The Kier molecular flexibility index (Phi) is 3.89. The molecule has 5 heteroatoms. The summed E-state index contributed by atoms with van der Waals surface area (Å²) in [6.45, 7) is 1.85. The Labute approximate surface area is 116 Å². The summed E-state index contributed by atoms with van der Waals surface area (Å²) in [5, 5.41) is 2.50. The fourth-order valence-electron chi connectivity index (χ4n) is 1.70. The van der Waals surface area contributed by atoms with Crippen molar-refractivity contribution in [2.75, 3.05) is 18.2 Å². The predicted octanol–water partition coefficient (Wildman–Crippen LogP) is 2.98. The van der Waals surface area contributed by atoms with Crippen molar-refractivity contribution in [2.24, 2.45) is 0 Å². The highest BCUT2D eigenvalue weighted by molar-refractivity contribution is 6.05. The highest BCUT2D eigenvalue weighted by Crippen LogP contribution is 2.22. The van der Waals surface area contributed by atoms with Gasteiger partial charge in [0.1, 0.15) is 11.6 Å². The quantitative estimate of drug-likeness (QED) is 0.846. The first-order valence-corrected chi connectivity index (χ1v) is 6.02. The number of aryl methyl sites for hydroxylation is 1. The van der Waals surface area contributed by atoms with Gasteiger partial charge in [0, 0.05) is 17.3 Å². The Bertz CT molecular complexity index is 656. The van der Waals surface area contributed by atoms with Crippen molar-refractivity contribution in [3.8, 4) is 5.75 Å². The Balaban J connectivity index is 2.25. The molecule has 0 aliphatic heterocycles. The minimum Gasteiger partial charge on any atom is -0.497 e. The molecule has 0 atom stereocenters. The number of anilines is 2. The van der Waals surface area contributed by atoms with Gasteiger partial charge in [-0.2, -0.15) is 0 Å². The molecule has 2 rings (SSSR count). The third-order valence-corrected chi connectivity index (χ3v) is 2.96. The van der Waals surface area contributed by atoms with Gasteiger partial charge in [-0.15, -0.1) is 0 Å². The van der Waals surface area contributed by atoms with E-state index in [1.807, 2.05) is 6.92 Å². The Morgan fingerprint density at radius 1 is 1.25 bits per heavy atom. The van der Waals surface area contributed by atoms with Crippen LogP contribution in [0.15, 0.2) is 36.4 Å². The van der Waals surface area contributed by atoms with Crippen LogP contribution in [0.4, 0.5) is 15.8 Å². The number of carbonyl (C=O) groups is 1. The molecule has 0 aliphatic rings. The molecule has 0 spiro atoms. The third kappa shape index (κ3) is 2.88. The van der Waals surface area contributed by atoms with E-state index in [0.29, 0.717) is 17.0 Å². The first kappa shape index (κ1) is 13.9. The number of hydrogen-bond donors (Lipinski definition) is 2. The van der Waals surface area contributed by atoms with Gasteiger partial charge in [-0.3, -0.25) is 4.79 Å². The van der Waals surface area contributed by atoms with E-state index in [2.05, 4.69) is 5.32 Å². The number of halogens is 1. The number of carbonyl (C=O) groups excluding carboxylic acids is 1. The molecule has 0 aliphatic carbocycles. The van der Waals surface area contributed by atoms with Crippen LogP contribution in [-0.2, 0) is 0 Å². The van der Waals surface area contributed by atoms with E-state index in [4.69, 9.17) is 10.5 Å². The van der Waals surface area contributed by atoms with Crippen LogP contribution < -0.4 is 15.8 Å². The normalized spacial score (nSPS) is 10.2. The average Bonchev–Trinajstić information content (AvgIpc) is 2.44. The van der Waals surface area contributed by atoms with E-state index >= 15 is 0 Å². The maximum absolute atomic E-state index is 13.6. The van der Waals surface area contributed by atoms with Gasteiger partial charge in [-0.1, -0.05) is 6.07 Å². The van der Waals surface area contributed by atoms with Crippen LogP contribution in [0.2, 0.25) is 0 Å². The minimum atomic E-state index is -0.528. The lowest BCUT2D eigenvalue weighted by molar-refractivity contribution is 0.102. The van der Waals surface area contributed by atoms with Crippen LogP contribution in [0.3, 0.4) is 0 Å². The topological polar surface area (TPSA) is 64.3 Å². The molecule has 0 unspecified atom stereocenters. The maximum atomic E-state index is 13.6. The van der Waals surface area contributed by atoms with E-state index in [1.54, 1.807) is 18.2 Å². The number of rotatable bonds is 3. The van der Waals surface area contributed by atoms with Gasteiger partial charge in [0.25, 0.3) is 5.91 Å². The summed E-state index contributed by atoms with van der Waals surface area (Å²) in [6.07, 6.45) is 0. The molecule has 0 bridgehead atoms. The summed E-state index contributed by atoms with van der Waals surface area (Å²) in [7, 11) is 1.47. The summed E-state index contributed by atoms with van der Waals surface area (Å²) in [6, 6.07) is 9.08. The summed E-state index contributed by atoms with van der Waals surface area (Å²) in [5.74, 6) is -0.492. The van der Waals surface area contributed by atoms with Gasteiger partial charge in [-0.25, -0.2) is 4.39 Å². The first-order valence-electron chi connectivity index (χ1n) is 6.02. The molecule has 0 radical (unpaired) electrons. The third-order valence-electron chi connectivity index (χ3n) is 2.96. The second-order valence-corrected chi connectivity index (χ2v) is 4.37. The van der Waals surface area contributed by atoms with Gasteiger partial charge >= 0.3 is 0 Å². The molecule has 104 valence electrons. The molecule has 3 N–H and O–H groups in total. The first-order chi connectivity index (χ1) is 9.51. The highest BCUT2D eigenvalue weighted by Gasteiger charge is 2.11. The average molecular weight is 274 g/mol. The Morgan fingerprint density at radius 2 is 2.00 bits per heavy atom. The van der Waals surface area contributed by atoms with Gasteiger partial charge in [0.15, 0.2) is 0 Å².